The number of piperidine rings is 1. The van der Waals surface area contributed by atoms with E-state index in [9.17, 15) is 4.79 Å². The molecule has 3 aliphatic heterocycles. The summed E-state index contributed by atoms with van der Waals surface area (Å²) >= 11 is 3.65. The molecule has 4 nitrogen and oxygen atoms in total. The zero-order valence-corrected chi connectivity index (χ0v) is 18.8. The Morgan fingerprint density at radius 2 is 2.18 bits per heavy atom. The highest BCUT2D eigenvalue weighted by molar-refractivity contribution is 9.10. The Morgan fingerprint density at radius 3 is 2.96 bits per heavy atom. The van der Waals surface area contributed by atoms with Crippen molar-refractivity contribution in [1.82, 2.24) is 10.2 Å². The van der Waals surface area contributed by atoms with Gasteiger partial charge in [-0.1, -0.05) is 38.8 Å². The van der Waals surface area contributed by atoms with E-state index in [-0.39, 0.29) is 11.3 Å². The van der Waals surface area contributed by atoms with Crippen molar-refractivity contribution in [2.75, 3.05) is 26.2 Å². The molecule has 1 aromatic rings. The molecule has 1 amide bonds. The average Bonchev–Trinajstić information content (AvgIpc) is 3.14. The molecule has 1 spiro atoms. The molecule has 0 aromatic heterocycles. The standard InChI is InChI=1S/C23H33BrN2O2/c1-3-16(4-2)20-10-5-6-12-26(20)22(27)18-14-25-15-23(18)11-13-28-21-17(23)8-7-9-19(21)24/h7-9,16,18,20,25H,3-6,10-15H2,1-2H3/t18-,20?,23-/m0/s1. The van der Waals surface area contributed by atoms with Gasteiger partial charge in [-0.3, -0.25) is 4.79 Å². The van der Waals surface area contributed by atoms with Crippen LogP contribution in [-0.2, 0) is 10.2 Å². The quantitative estimate of drug-likeness (QED) is 0.736. The van der Waals surface area contributed by atoms with Crippen LogP contribution in [0, 0.1) is 11.8 Å². The molecule has 0 aliphatic carbocycles. The molecule has 0 bridgehead atoms. The minimum absolute atomic E-state index is 0.000544. The molecule has 4 rings (SSSR count). The van der Waals surface area contributed by atoms with Gasteiger partial charge in [-0.25, -0.2) is 0 Å². The molecule has 5 heteroatoms. The maximum absolute atomic E-state index is 13.9. The van der Waals surface area contributed by atoms with Gasteiger partial charge in [-0.2, -0.15) is 0 Å². The first-order valence-electron chi connectivity index (χ1n) is 11.1. The van der Waals surface area contributed by atoms with Gasteiger partial charge in [-0.15, -0.1) is 0 Å². The number of likely N-dealkylation sites (tertiary alicyclic amines) is 1. The zero-order chi connectivity index (χ0) is 19.7. The van der Waals surface area contributed by atoms with Crippen LogP contribution in [0.4, 0.5) is 0 Å². The highest BCUT2D eigenvalue weighted by atomic mass is 79.9. The molecule has 3 aliphatic rings. The van der Waals surface area contributed by atoms with Crippen molar-refractivity contribution in [2.45, 2.75) is 63.8 Å². The summed E-state index contributed by atoms with van der Waals surface area (Å²) < 4.78 is 7.00. The summed E-state index contributed by atoms with van der Waals surface area (Å²) in [6.07, 6.45) is 6.77. The van der Waals surface area contributed by atoms with Crippen molar-refractivity contribution in [3.05, 3.63) is 28.2 Å². The largest absolute Gasteiger partial charge is 0.492 e. The summed E-state index contributed by atoms with van der Waals surface area (Å²) in [6, 6.07) is 6.69. The molecular weight excluding hydrogens is 416 g/mol. The van der Waals surface area contributed by atoms with E-state index in [1.54, 1.807) is 0 Å². The van der Waals surface area contributed by atoms with Gasteiger partial charge in [0.1, 0.15) is 5.75 Å². The van der Waals surface area contributed by atoms with E-state index in [1.807, 2.05) is 6.07 Å². The Balaban J connectivity index is 1.67. The Bertz CT molecular complexity index is 721. The summed E-state index contributed by atoms with van der Waals surface area (Å²) in [4.78, 5) is 16.2. The molecule has 0 saturated carbocycles. The summed E-state index contributed by atoms with van der Waals surface area (Å²) in [5, 5.41) is 3.57. The average molecular weight is 449 g/mol. The maximum atomic E-state index is 13.9. The number of hydrogen-bond donors (Lipinski definition) is 1. The topological polar surface area (TPSA) is 41.6 Å². The fourth-order valence-corrected chi connectivity index (χ4v) is 6.38. The van der Waals surface area contributed by atoms with Gasteiger partial charge in [0.2, 0.25) is 5.91 Å². The lowest BCUT2D eigenvalue weighted by atomic mass is 9.68. The van der Waals surface area contributed by atoms with Crippen LogP contribution in [0.2, 0.25) is 0 Å². The van der Waals surface area contributed by atoms with E-state index in [4.69, 9.17) is 4.74 Å². The number of fused-ring (bicyclic) bond motifs is 2. The normalized spacial score (nSPS) is 29.8. The minimum Gasteiger partial charge on any atom is -0.492 e. The fourth-order valence-electron chi connectivity index (χ4n) is 5.90. The van der Waals surface area contributed by atoms with E-state index in [0.29, 0.717) is 24.5 Å². The van der Waals surface area contributed by atoms with Crippen LogP contribution in [0.5, 0.6) is 5.75 Å². The molecule has 2 saturated heterocycles. The molecule has 3 heterocycles. The molecular formula is C23H33BrN2O2. The van der Waals surface area contributed by atoms with E-state index < -0.39 is 0 Å². The summed E-state index contributed by atoms with van der Waals surface area (Å²) in [5.74, 6) is 1.92. The van der Waals surface area contributed by atoms with E-state index in [0.717, 1.165) is 62.0 Å². The first-order chi connectivity index (χ1) is 13.6. The fraction of sp³-hybridized carbons (Fsp3) is 0.696. The second kappa shape index (κ2) is 8.35. The monoisotopic (exact) mass is 448 g/mol. The lowest BCUT2D eigenvalue weighted by Crippen LogP contribution is -2.54. The molecule has 1 aromatic carbocycles. The lowest BCUT2D eigenvalue weighted by molar-refractivity contribution is -0.142. The predicted molar refractivity (Wildman–Crippen MR) is 116 cm³/mol. The minimum atomic E-state index is -0.148. The van der Waals surface area contributed by atoms with Crippen LogP contribution in [-0.4, -0.2) is 43.1 Å². The third-order valence-corrected chi connectivity index (χ3v) is 8.10. The number of ether oxygens (including phenoxy) is 1. The third kappa shape index (κ3) is 3.28. The number of rotatable bonds is 4. The van der Waals surface area contributed by atoms with Crippen LogP contribution in [0.1, 0.15) is 57.9 Å². The van der Waals surface area contributed by atoms with Crippen molar-refractivity contribution in [3.63, 3.8) is 0 Å². The summed E-state index contributed by atoms with van der Waals surface area (Å²) in [6.45, 7) is 7.79. The van der Waals surface area contributed by atoms with Crippen LogP contribution >= 0.6 is 15.9 Å². The van der Waals surface area contributed by atoms with E-state index in [2.05, 4.69) is 52.1 Å². The second-order valence-electron chi connectivity index (χ2n) is 8.73. The maximum Gasteiger partial charge on any atom is 0.228 e. The molecule has 3 atom stereocenters. The first kappa shape index (κ1) is 20.2. The van der Waals surface area contributed by atoms with Crippen molar-refractivity contribution in [2.24, 2.45) is 11.8 Å². The zero-order valence-electron chi connectivity index (χ0n) is 17.2. The number of carbonyl (C=O) groups is 1. The SMILES string of the molecule is CCC(CC)C1CCCCN1C(=O)[C@@H]1CNC[C@]12CCOc1c(Br)cccc12. The Kier molecular flexibility index (Phi) is 6.03. The van der Waals surface area contributed by atoms with Gasteiger partial charge in [0, 0.05) is 36.7 Å². The molecule has 1 N–H and O–H groups in total. The van der Waals surface area contributed by atoms with Crippen molar-refractivity contribution < 1.29 is 9.53 Å². The van der Waals surface area contributed by atoms with Crippen molar-refractivity contribution in [1.29, 1.82) is 0 Å². The van der Waals surface area contributed by atoms with Crippen molar-refractivity contribution >= 4 is 21.8 Å². The third-order valence-electron chi connectivity index (χ3n) is 7.48. The molecule has 0 radical (unpaired) electrons. The van der Waals surface area contributed by atoms with Gasteiger partial charge in [0.25, 0.3) is 0 Å². The Hall–Kier alpha value is -1.07. The van der Waals surface area contributed by atoms with Gasteiger partial charge < -0.3 is 15.0 Å². The van der Waals surface area contributed by atoms with Crippen LogP contribution in [0.15, 0.2) is 22.7 Å². The number of benzene rings is 1. The molecule has 28 heavy (non-hydrogen) atoms. The molecule has 2 fully saturated rings. The van der Waals surface area contributed by atoms with Crippen LogP contribution < -0.4 is 10.1 Å². The number of nitrogens with zero attached hydrogens (tertiary/aromatic N) is 1. The number of hydrogen-bond acceptors (Lipinski definition) is 3. The number of nitrogens with one attached hydrogen (secondary N) is 1. The van der Waals surface area contributed by atoms with E-state index in [1.165, 1.54) is 12.0 Å². The highest BCUT2D eigenvalue weighted by Crippen LogP contribution is 2.49. The predicted octanol–water partition coefficient (Wildman–Crippen LogP) is 4.51. The van der Waals surface area contributed by atoms with Crippen LogP contribution in [0.25, 0.3) is 0 Å². The first-order valence-corrected chi connectivity index (χ1v) is 11.8. The summed E-state index contributed by atoms with van der Waals surface area (Å²) in [5.41, 5.74) is 1.05. The Morgan fingerprint density at radius 1 is 1.36 bits per heavy atom. The smallest absolute Gasteiger partial charge is 0.228 e. The van der Waals surface area contributed by atoms with E-state index >= 15 is 0 Å². The Labute approximate surface area is 177 Å². The van der Waals surface area contributed by atoms with Crippen LogP contribution in [0.3, 0.4) is 0 Å². The van der Waals surface area contributed by atoms with Crippen molar-refractivity contribution in [3.8, 4) is 5.75 Å². The number of halogens is 1. The van der Waals surface area contributed by atoms with Gasteiger partial charge in [-0.05, 0) is 53.6 Å². The summed E-state index contributed by atoms with van der Waals surface area (Å²) in [7, 11) is 0. The molecule has 154 valence electrons. The second-order valence-corrected chi connectivity index (χ2v) is 9.58. The van der Waals surface area contributed by atoms with Gasteiger partial charge in [0.05, 0.1) is 17.0 Å². The molecule has 1 unspecified atom stereocenters. The van der Waals surface area contributed by atoms with Gasteiger partial charge in [0.15, 0.2) is 0 Å². The number of amides is 1. The lowest BCUT2D eigenvalue weighted by Gasteiger charge is -2.45. The number of para-hydroxylation sites is 1. The number of carbonyl (C=O) groups excluding carboxylic acids is 1. The van der Waals surface area contributed by atoms with Gasteiger partial charge >= 0.3 is 0 Å². The highest BCUT2D eigenvalue weighted by Gasteiger charge is 2.52.